The molecule has 0 saturated heterocycles. The van der Waals surface area contributed by atoms with Crippen molar-refractivity contribution in [2.75, 3.05) is 13.7 Å². The van der Waals surface area contributed by atoms with Gasteiger partial charge in [0, 0.05) is 19.2 Å². The third-order valence-corrected chi connectivity index (χ3v) is 2.85. The van der Waals surface area contributed by atoms with Gasteiger partial charge in [-0.25, -0.2) is 0 Å². The average Bonchev–Trinajstić information content (AvgIpc) is 2.24. The molecule has 0 rings (SSSR count). The number of hydrogen-bond donors (Lipinski definition) is 2. The van der Waals surface area contributed by atoms with Gasteiger partial charge in [-0.05, 0) is 34.1 Å². The lowest BCUT2D eigenvalue weighted by molar-refractivity contribution is -0.124. The Kier molecular flexibility index (Phi) is 6.60. The van der Waals surface area contributed by atoms with Gasteiger partial charge >= 0.3 is 0 Å². The van der Waals surface area contributed by atoms with E-state index in [1.165, 1.54) is 0 Å². The molecule has 4 heteroatoms. The van der Waals surface area contributed by atoms with E-state index in [-0.39, 0.29) is 23.6 Å². The average molecular weight is 230 g/mol. The molecule has 0 aliphatic heterocycles. The number of nitrogens with one attached hydrogen (secondary N) is 2. The number of carbonyl (C=O) groups is 1. The molecule has 0 spiro atoms. The highest BCUT2D eigenvalue weighted by Crippen LogP contribution is 2.06. The fourth-order valence-corrected chi connectivity index (χ4v) is 1.05. The Balaban J connectivity index is 4.00. The molecular formula is C12H26N2O2. The highest BCUT2D eigenvalue weighted by atomic mass is 16.5. The summed E-state index contributed by atoms with van der Waals surface area (Å²) < 4.78 is 5.11. The molecule has 0 heterocycles. The molecule has 0 radical (unpaired) electrons. The molecule has 0 aromatic rings. The topological polar surface area (TPSA) is 50.4 Å². The monoisotopic (exact) mass is 230 g/mol. The van der Waals surface area contributed by atoms with Crippen molar-refractivity contribution < 1.29 is 9.53 Å². The van der Waals surface area contributed by atoms with Crippen LogP contribution in [-0.2, 0) is 9.53 Å². The van der Waals surface area contributed by atoms with Gasteiger partial charge < -0.3 is 15.4 Å². The van der Waals surface area contributed by atoms with Crippen LogP contribution in [0.25, 0.3) is 0 Å². The summed E-state index contributed by atoms with van der Waals surface area (Å²) in [6, 6.07) is -0.191. The van der Waals surface area contributed by atoms with Crippen LogP contribution in [0.15, 0.2) is 0 Å². The first-order valence-electron chi connectivity index (χ1n) is 5.90. The molecular weight excluding hydrogens is 204 g/mol. The lowest BCUT2D eigenvalue weighted by Gasteiger charge is -2.27. The first-order chi connectivity index (χ1) is 7.32. The number of rotatable bonds is 7. The zero-order valence-electron chi connectivity index (χ0n) is 11.4. The van der Waals surface area contributed by atoms with E-state index in [4.69, 9.17) is 4.74 Å². The minimum atomic E-state index is -0.191. The van der Waals surface area contributed by atoms with Gasteiger partial charge in [0.15, 0.2) is 0 Å². The van der Waals surface area contributed by atoms with Crippen LogP contribution >= 0.6 is 0 Å². The Bertz CT molecular complexity index is 217. The van der Waals surface area contributed by atoms with Crippen molar-refractivity contribution in [3.05, 3.63) is 0 Å². The van der Waals surface area contributed by atoms with Crippen LogP contribution in [-0.4, -0.2) is 37.2 Å². The third kappa shape index (κ3) is 6.08. The van der Waals surface area contributed by atoms with E-state index in [1.807, 2.05) is 27.7 Å². The summed E-state index contributed by atoms with van der Waals surface area (Å²) in [6.45, 7) is 10.6. The van der Waals surface area contributed by atoms with E-state index in [9.17, 15) is 4.79 Å². The van der Waals surface area contributed by atoms with Gasteiger partial charge in [-0.15, -0.1) is 0 Å². The quantitative estimate of drug-likeness (QED) is 0.693. The van der Waals surface area contributed by atoms with E-state index < -0.39 is 0 Å². The minimum absolute atomic E-state index is 0.0372. The number of amides is 1. The predicted molar refractivity (Wildman–Crippen MR) is 66.4 cm³/mol. The number of hydrogen-bond acceptors (Lipinski definition) is 3. The minimum Gasteiger partial charge on any atom is -0.380 e. The lowest BCUT2D eigenvalue weighted by Crippen LogP contribution is -2.51. The lowest BCUT2D eigenvalue weighted by atomic mass is 10.0. The Hall–Kier alpha value is -0.610. The first-order valence-corrected chi connectivity index (χ1v) is 5.90. The fourth-order valence-electron chi connectivity index (χ4n) is 1.05. The van der Waals surface area contributed by atoms with E-state index in [0.29, 0.717) is 6.54 Å². The second-order valence-corrected chi connectivity index (χ2v) is 4.90. The molecule has 16 heavy (non-hydrogen) atoms. The highest BCUT2D eigenvalue weighted by molar-refractivity contribution is 5.81. The molecule has 4 nitrogen and oxygen atoms in total. The van der Waals surface area contributed by atoms with Crippen LogP contribution < -0.4 is 10.6 Å². The molecule has 0 aromatic heterocycles. The zero-order chi connectivity index (χ0) is 12.8. The molecule has 0 saturated carbocycles. The maximum atomic E-state index is 11.8. The normalized spacial score (nSPS) is 15.6. The number of carbonyl (C=O) groups excluding carboxylic acids is 1. The maximum absolute atomic E-state index is 11.8. The van der Waals surface area contributed by atoms with Gasteiger partial charge in [-0.3, -0.25) is 4.79 Å². The van der Waals surface area contributed by atoms with Crippen molar-refractivity contribution in [2.45, 2.75) is 58.7 Å². The van der Waals surface area contributed by atoms with Crippen LogP contribution in [0.4, 0.5) is 0 Å². The molecule has 0 aliphatic carbocycles. The predicted octanol–water partition coefficient (Wildman–Crippen LogP) is 1.30. The second-order valence-electron chi connectivity index (χ2n) is 4.90. The van der Waals surface area contributed by atoms with Gasteiger partial charge in [0.25, 0.3) is 0 Å². The van der Waals surface area contributed by atoms with Crippen molar-refractivity contribution in [1.82, 2.24) is 10.6 Å². The van der Waals surface area contributed by atoms with Crippen molar-refractivity contribution >= 4 is 5.91 Å². The Morgan fingerprint density at radius 1 is 1.38 bits per heavy atom. The van der Waals surface area contributed by atoms with Crippen LogP contribution in [0.5, 0.6) is 0 Å². The molecule has 0 aromatic carbocycles. The number of ether oxygens (including phenoxy) is 1. The Morgan fingerprint density at radius 2 is 1.94 bits per heavy atom. The summed E-state index contributed by atoms with van der Waals surface area (Å²) in [5.41, 5.74) is -0.139. The molecule has 1 amide bonds. The second kappa shape index (κ2) is 6.86. The van der Waals surface area contributed by atoms with E-state index in [0.717, 1.165) is 6.42 Å². The van der Waals surface area contributed by atoms with Gasteiger partial charge in [0.1, 0.15) is 0 Å². The van der Waals surface area contributed by atoms with Crippen molar-refractivity contribution in [3.8, 4) is 0 Å². The van der Waals surface area contributed by atoms with Gasteiger partial charge in [-0.2, -0.15) is 0 Å². The van der Waals surface area contributed by atoms with Crippen LogP contribution in [0, 0.1) is 0 Å². The summed E-state index contributed by atoms with van der Waals surface area (Å²) in [7, 11) is 1.66. The smallest absolute Gasteiger partial charge is 0.237 e. The van der Waals surface area contributed by atoms with Crippen molar-refractivity contribution in [2.24, 2.45) is 0 Å². The first kappa shape index (κ1) is 15.4. The van der Waals surface area contributed by atoms with E-state index >= 15 is 0 Å². The van der Waals surface area contributed by atoms with Crippen LogP contribution in [0.3, 0.4) is 0 Å². The SMILES string of the molecule is CCC(C)(C)NC(=O)C(C)NCC(C)OC. The number of methoxy groups -OCH3 is 1. The zero-order valence-corrected chi connectivity index (χ0v) is 11.4. The molecule has 96 valence electrons. The van der Waals surface area contributed by atoms with Gasteiger partial charge in [0.05, 0.1) is 12.1 Å². The van der Waals surface area contributed by atoms with Crippen LogP contribution in [0.2, 0.25) is 0 Å². The summed E-state index contributed by atoms with van der Waals surface area (Å²) in [5, 5.41) is 6.15. The maximum Gasteiger partial charge on any atom is 0.237 e. The van der Waals surface area contributed by atoms with Crippen molar-refractivity contribution in [1.29, 1.82) is 0 Å². The van der Waals surface area contributed by atoms with Crippen LogP contribution in [0.1, 0.15) is 41.0 Å². The summed E-state index contributed by atoms with van der Waals surface area (Å²) in [4.78, 5) is 11.8. The molecule has 0 aliphatic rings. The molecule has 0 bridgehead atoms. The standard InChI is InChI=1S/C12H26N2O2/c1-7-12(4,5)14-11(15)10(3)13-8-9(2)16-6/h9-10,13H,7-8H2,1-6H3,(H,14,15). The molecule has 2 unspecified atom stereocenters. The molecule has 2 atom stereocenters. The van der Waals surface area contributed by atoms with E-state index in [1.54, 1.807) is 7.11 Å². The summed E-state index contributed by atoms with van der Waals surface area (Å²) in [6.07, 6.45) is 1.04. The Labute approximate surface area is 99.1 Å². The molecule has 0 fully saturated rings. The van der Waals surface area contributed by atoms with Crippen molar-refractivity contribution in [3.63, 3.8) is 0 Å². The molecule has 2 N–H and O–H groups in total. The van der Waals surface area contributed by atoms with E-state index in [2.05, 4.69) is 17.6 Å². The summed E-state index contributed by atoms with van der Waals surface area (Å²) >= 11 is 0. The fraction of sp³-hybridized carbons (Fsp3) is 0.917. The largest absolute Gasteiger partial charge is 0.380 e. The Morgan fingerprint density at radius 3 is 2.38 bits per heavy atom. The van der Waals surface area contributed by atoms with Gasteiger partial charge in [-0.1, -0.05) is 6.92 Å². The van der Waals surface area contributed by atoms with Gasteiger partial charge in [0.2, 0.25) is 5.91 Å². The highest BCUT2D eigenvalue weighted by Gasteiger charge is 2.21. The summed E-state index contributed by atoms with van der Waals surface area (Å²) in [5.74, 6) is 0.0372. The third-order valence-electron chi connectivity index (χ3n) is 2.85.